The van der Waals surface area contributed by atoms with Crippen LogP contribution in [0.25, 0.3) is 0 Å². The zero-order chi connectivity index (χ0) is 14.8. The molecular weight excluding hydrogens is 264 g/mol. The molecule has 1 N–H and O–H groups in total. The third-order valence-electron chi connectivity index (χ3n) is 4.31. The topological polar surface area (TPSA) is 49.4 Å². The Morgan fingerprint density at radius 3 is 2.52 bits per heavy atom. The highest BCUT2D eigenvalue weighted by atomic mass is 16.2. The van der Waals surface area contributed by atoms with E-state index in [1.54, 1.807) is 4.90 Å². The Hall–Kier alpha value is -1.84. The molecule has 112 valence electrons. The van der Waals surface area contributed by atoms with Crippen molar-refractivity contribution in [3.63, 3.8) is 0 Å². The first-order chi connectivity index (χ1) is 10.2. The number of amides is 2. The van der Waals surface area contributed by atoms with E-state index >= 15 is 0 Å². The van der Waals surface area contributed by atoms with Gasteiger partial charge in [0, 0.05) is 5.69 Å². The molecule has 2 aliphatic rings. The van der Waals surface area contributed by atoms with Crippen molar-refractivity contribution >= 4 is 17.5 Å². The van der Waals surface area contributed by atoms with Crippen LogP contribution in [0.3, 0.4) is 0 Å². The fourth-order valence-electron chi connectivity index (χ4n) is 2.86. The van der Waals surface area contributed by atoms with Gasteiger partial charge in [0.25, 0.3) is 0 Å². The normalized spacial score (nSPS) is 22.3. The van der Waals surface area contributed by atoms with Crippen LogP contribution in [0.4, 0.5) is 5.69 Å². The molecule has 2 fully saturated rings. The van der Waals surface area contributed by atoms with Crippen molar-refractivity contribution in [3.8, 4) is 0 Å². The van der Waals surface area contributed by atoms with Crippen LogP contribution in [-0.2, 0) is 16.0 Å². The second-order valence-electron chi connectivity index (χ2n) is 6.08. The number of unbranched alkanes of at least 4 members (excludes halogenated alkanes) is 1. The number of carbonyl (C=O) groups excluding carboxylic acids is 2. The zero-order valence-corrected chi connectivity index (χ0v) is 12.5. The van der Waals surface area contributed by atoms with Crippen LogP contribution in [-0.4, -0.2) is 24.4 Å². The van der Waals surface area contributed by atoms with Crippen molar-refractivity contribution in [3.05, 3.63) is 29.8 Å². The fraction of sp³-hybridized carbons (Fsp3) is 0.529. The van der Waals surface area contributed by atoms with Crippen LogP contribution in [0.15, 0.2) is 24.3 Å². The first kappa shape index (κ1) is 14.1. The molecule has 1 aromatic rings. The molecular formula is C17H22N2O2. The van der Waals surface area contributed by atoms with E-state index in [2.05, 4.69) is 24.4 Å². The summed E-state index contributed by atoms with van der Waals surface area (Å²) in [6.07, 6.45) is 5.50. The number of aryl methyl sites for hydroxylation is 1. The van der Waals surface area contributed by atoms with E-state index in [-0.39, 0.29) is 24.4 Å². The summed E-state index contributed by atoms with van der Waals surface area (Å²) in [5.41, 5.74) is 2.12. The molecule has 4 nitrogen and oxygen atoms in total. The zero-order valence-electron chi connectivity index (χ0n) is 12.5. The van der Waals surface area contributed by atoms with E-state index in [1.165, 1.54) is 18.4 Å². The van der Waals surface area contributed by atoms with E-state index in [1.807, 2.05) is 12.1 Å². The van der Waals surface area contributed by atoms with Gasteiger partial charge in [0.15, 0.2) is 0 Å². The number of hydrogen-bond acceptors (Lipinski definition) is 2. The van der Waals surface area contributed by atoms with Crippen molar-refractivity contribution in [2.75, 3.05) is 11.4 Å². The van der Waals surface area contributed by atoms with Crippen molar-refractivity contribution < 1.29 is 9.59 Å². The van der Waals surface area contributed by atoms with Crippen LogP contribution < -0.4 is 10.2 Å². The second-order valence-corrected chi connectivity index (χ2v) is 6.08. The highest BCUT2D eigenvalue weighted by molar-refractivity contribution is 6.06. The number of hydrogen-bond donors (Lipinski definition) is 1. The van der Waals surface area contributed by atoms with Gasteiger partial charge in [0.2, 0.25) is 11.8 Å². The van der Waals surface area contributed by atoms with Gasteiger partial charge in [-0.05, 0) is 49.3 Å². The molecule has 4 heteroatoms. The van der Waals surface area contributed by atoms with Gasteiger partial charge in [-0.2, -0.15) is 0 Å². The third-order valence-corrected chi connectivity index (χ3v) is 4.31. The summed E-state index contributed by atoms with van der Waals surface area (Å²) in [6, 6.07) is 7.75. The minimum atomic E-state index is -0.314. The Labute approximate surface area is 125 Å². The maximum absolute atomic E-state index is 12.5. The van der Waals surface area contributed by atoms with E-state index in [0.717, 1.165) is 24.9 Å². The lowest BCUT2D eigenvalue weighted by molar-refractivity contribution is -0.131. The molecule has 1 saturated heterocycles. The molecule has 0 bridgehead atoms. The smallest absolute Gasteiger partial charge is 0.250 e. The molecule has 1 aromatic carbocycles. The average Bonchev–Trinajstić information content (AvgIpc) is 3.32. The molecule has 0 radical (unpaired) electrons. The summed E-state index contributed by atoms with van der Waals surface area (Å²) in [6.45, 7) is 2.31. The monoisotopic (exact) mass is 286 g/mol. The predicted molar refractivity (Wildman–Crippen MR) is 82.1 cm³/mol. The standard InChI is InChI=1S/C17H22N2O2/c1-2-3-4-12-5-9-14(10-6-12)19-11-15(20)18-16(17(19)21)13-7-8-13/h5-6,9-10,13,16H,2-4,7-8,11H2,1H3,(H,18,20). The molecule has 1 aliphatic heterocycles. The van der Waals surface area contributed by atoms with Crippen LogP contribution in [0.5, 0.6) is 0 Å². The Bertz CT molecular complexity index is 534. The van der Waals surface area contributed by atoms with Gasteiger partial charge in [-0.15, -0.1) is 0 Å². The summed E-state index contributed by atoms with van der Waals surface area (Å²) < 4.78 is 0. The third kappa shape index (κ3) is 3.09. The number of benzene rings is 1. The van der Waals surface area contributed by atoms with E-state index < -0.39 is 0 Å². The number of piperazine rings is 1. The van der Waals surface area contributed by atoms with Crippen molar-refractivity contribution in [2.45, 2.75) is 45.1 Å². The SMILES string of the molecule is CCCCc1ccc(N2CC(=O)NC(C3CC3)C2=O)cc1. The molecule has 0 aromatic heterocycles. The molecule has 1 saturated carbocycles. The summed E-state index contributed by atoms with van der Waals surface area (Å²) in [5, 5.41) is 2.84. The lowest BCUT2D eigenvalue weighted by atomic mass is 10.1. The van der Waals surface area contributed by atoms with E-state index in [4.69, 9.17) is 0 Å². The van der Waals surface area contributed by atoms with Crippen LogP contribution >= 0.6 is 0 Å². The minimum absolute atomic E-state index is 0.0402. The maximum atomic E-state index is 12.5. The lowest BCUT2D eigenvalue weighted by Crippen LogP contribution is -2.59. The van der Waals surface area contributed by atoms with Crippen molar-refractivity contribution in [1.82, 2.24) is 5.32 Å². The highest BCUT2D eigenvalue weighted by Gasteiger charge is 2.42. The Kier molecular flexibility index (Phi) is 3.95. The Morgan fingerprint density at radius 2 is 1.90 bits per heavy atom. The predicted octanol–water partition coefficient (Wildman–Crippen LogP) is 2.27. The van der Waals surface area contributed by atoms with Crippen LogP contribution in [0.2, 0.25) is 0 Å². The van der Waals surface area contributed by atoms with Gasteiger partial charge in [0.1, 0.15) is 12.6 Å². The van der Waals surface area contributed by atoms with E-state index in [0.29, 0.717) is 5.92 Å². The summed E-state index contributed by atoms with van der Waals surface area (Å²) in [7, 11) is 0. The molecule has 3 rings (SSSR count). The van der Waals surface area contributed by atoms with Gasteiger partial charge in [0.05, 0.1) is 0 Å². The summed E-state index contributed by atoms with van der Waals surface area (Å²) >= 11 is 0. The quantitative estimate of drug-likeness (QED) is 0.902. The van der Waals surface area contributed by atoms with Crippen molar-refractivity contribution in [2.24, 2.45) is 5.92 Å². The number of anilines is 1. The highest BCUT2D eigenvalue weighted by Crippen LogP contribution is 2.35. The van der Waals surface area contributed by atoms with E-state index in [9.17, 15) is 9.59 Å². The minimum Gasteiger partial charge on any atom is -0.342 e. The molecule has 1 heterocycles. The van der Waals surface area contributed by atoms with Crippen LogP contribution in [0.1, 0.15) is 38.2 Å². The first-order valence-electron chi connectivity index (χ1n) is 7.88. The Balaban J connectivity index is 1.74. The lowest BCUT2D eigenvalue weighted by Gasteiger charge is -2.32. The number of nitrogens with one attached hydrogen (secondary N) is 1. The van der Waals surface area contributed by atoms with Gasteiger partial charge in [-0.25, -0.2) is 0 Å². The van der Waals surface area contributed by atoms with Crippen LogP contribution in [0, 0.1) is 5.92 Å². The molecule has 21 heavy (non-hydrogen) atoms. The Morgan fingerprint density at radius 1 is 1.19 bits per heavy atom. The molecule has 1 aliphatic carbocycles. The number of rotatable bonds is 5. The van der Waals surface area contributed by atoms with Gasteiger partial charge in [-0.1, -0.05) is 25.5 Å². The largest absolute Gasteiger partial charge is 0.342 e. The van der Waals surface area contributed by atoms with Gasteiger partial charge < -0.3 is 10.2 Å². The number of nitrogens with zero attached hydrogens (tertiary/aromatic N) is 1. The summed E-state index contributed by atoms with van der Waals surface area (Å²) in [4.78, 5) is 26.0. The average molecular weight is 286 g/mol. The molecule has 1 unspecified atom stereocenters. The molecule has 0 spiro atoms. The maximum Gasteiger partial charge on any atom is 0.250 e. The summed E-state index contributed by atoms with van der Waals surface area (Å²) in [5.74, 6) is 0.327. The first-order valence-corrected chi connectivity index (χ1v) is 7.88. The molecule has 2 amide bonds. The molecule has 1 atom stereocenters. The number of carbonyl (C=O) groups is 2. The second kappa shape index (κ2) is 5.88. The fourth-order valence-corrected chi connectivity index (χ4v) is 2.86. The van der Waals surface area contributed by atoms with Gasteiger partial charge >= 0.3 is 0 Å². The van der Waals surface area contributed by atoms with Gasteiger partial charge in [-0.3, -0.25) is 9.59 Å². The van der Waals surface area contributed by atoms with Crippen molar-refractivity contribution in [1.29, 1.82) is 0 Å².